The molecule has 3 heterocycles. The normalized spacial score (nSPS) is 28.4. The van der Waals surface area contributed by atoms with Crippen LogP contribution in [0.1, 0.15) is 25.3 Å². The van der Waals surface area contributed by atoms with Crippen molar-refractivity contribution in [2.24, 2.45) is 0 Å². The minimum absolute atomic E-state index is 0.0702. The van der Waals surface area contributed by atoms with Crippen LogP contribution in [0.5, 0.6) is 0 Å². The van der Waals surface area contributed by atoms with E-state index in [9.17, 15) is 5.11 Å². The van der Waals surface area contributed by atoms with Crippen LogP contribution in [0.25, 0.3) is 0 Å². The molecule has 0 amide bonds. The van der Waals surface area contributed by atoms with Crippen LogP contribution < -0.4 is 4.90 Å². The molecule has 1 aromatic heterocycles. The first-order chi connectivity index (χ1) is 8.79. The van der Waals surface area contributed by atoms with E-state index >= 15 is 0 Å². The summed E-state index contributed by atoms with van der Waals surface area (Å²) in [6.07, 6.45) is 6.24. The third kappa shape index (κ3) is 1.99. The molecule has 2 fully saturated rings. The summed E-state index contributed by atoms with van der Waals surface area (Å²) in [5, 5.41) is 9.45. The molecule has 18 heavy (non-hydrogen) atoms. The fourth-order valence-corrected chi connectivity index (χ4v) is 3.34. The van der Waals surface area contributed by atoms with Crippen molar-refractivity contribution in [2.75, 3.05) is 24.5 Å². The van der Waals surface area contributed by atoms with Crippen LogP contribution in [0, 0.1) is 0 Å². The number of anilines is 1. The third-order valence-electron chi connectivity index (χ3n) is 4.29. The van der Waals surface area contributed by atoms with Crippen molar-refractivity contribution in [3.63, 3.8) is 0 Å². The van der Waals surface area contributed by atoms with Crippen molar-refractivity contribution in [1.82, 2.24) is 9.88 Å². The second kappa shape index (κ2) is 4.86. The molecule has 0 aromatic carbocycles. The van der Waals surface area contributed by atoms with Crippen LogP contribution in [0.15, 0.2) is 18.5 Å². The molecular formula is C14H21N3O. The molecule has 2 saturated heterocycles. The van der Waals surface area contributed by atoms with Gasteiger partial charge in [-0.2, -0.15) is 0 Å². The molecule has 1 aromatic rings. The van der Waals surface area contributed by atoms with E-state index in [4.69, 9.17) is 0 Å². The molecule has 2 aliphatic rings. The number of hydrogen-bond donors (Lipinski definition) is 1. The predicted octanol–water partition coefficient (Wildman–Crippen LogP) is 1.25. The Kier molecular flexibility index (Phi) is 3.22. The van der Waals surface area contributed by atoms with Gasteiger partial charge in [0.25, 0.3) is 0 Å². The number of pyridine rings is 1. The molecule has 0 aliphatic carbocycles. The fraction of sp³-hybridized carbons (Fsp3) is 0.643. The van der Waals surface area contributed by atoms with Gasteiger partial charge in [0.05, 0.1) is 6.61 Å². The zero-order chi connectivity index (χ0) is 12.5. The van der Waals surface area contributed by atoms with Gasteiger partial charge in [-0.15, -0.1) is 0 Å². The van der Waals surface area contributed by atoms with E-state index in [-0.39, 0.29) is 6.61 Å². The molecule has 3 rings (SSSR count). The average molecular weight is 247 g/mol. The van der Waals surface area contributed by atoms with Crippen LogP contribution in [0.4, 0.5) is 5.69 Å². The highest BCUT2D eigenvalue weighted by atomic mass is 16.3. The molecule has 0 bridgehead atoms. The molecule has 98 valence electrons. The zero-order valence-electron chi connectivity index (χ0n) is 10.9. The fourth-order valence-electron chi connectivity index (χ4n) is 3.34. The lowest BCUT2D eigenvalue weighted by Crippen LogP contribution is -2.55. The van der Waals surface area contributed by atoms with Gasteiger partial charge >= 0.3 is 0 Å². The topological polar surface area (TPSA) is 39.6 Å². The number of nitrogens with zero attached hydrogens (tertiary/aromatic N) is 3. The Morgan fingerprint density at radius 2 is 2.33 bits per heavy atom. The van der Waals surface area contributed by atoms with Gasteiger partial charge in [0, 0.05) is 48.8 Å². The maximum Gasteiger partial charge on any atom is 0.0717 e. The van der Waals surface area contributed by atoms with E-state index in [0.717, 1.165) is 24.3 Å². The molecule has 4 nitrogen and oxygen atoms in total. The monoisotopic (exact) mass is 247 g/mol. The highest BCUT2D eigenvalue weighted by molar-refractivity contribution is 5.53. The standard InChI is InChI=1S/C14H21N3O/c1-11-8-16-6-2-3-13(16)9-17(11)14-4-5-15-7-12(14)10-18/h4-5,7,11,13,18H,2-3,6,8-10H2,1H3. The minimum Gasteiger partial charge on any atom is -0.392 e. The second-order valence-electron chi connectivity index (χ2n) is 5.45. The number of aliphatic hydroxyl groups is 1. The summed E-state index contributed by atoms with van der Waals surface area (Å²) in [5.41, 5.74) is 2.10. The number of piperazine rings is 1. The highest BCUT2D eigenvalue weighted by Crippen LogP contribution is 2.30. The Morgan fingerprint density at radius 3 is 3.17 bits per heavy atom. The van der Waals surface area contributed by atoms with E-state index in [2.05, 4.69) is 21.7 Å². The number of aliphatic hydroxyl groups excluding tert-OH is 1. The van der Waals surface area contributed by atoms with Gasteiger partial charge in [-0.1, -0.05) is 0 Å². The van der Waals surface area contributed by atoms with Gasteiger partial charge in [-0.25, -0.2) is 0 Å². The number of hydrogen-bond acceptors (Lipinski definition) is 4. The second-order valence-corrected chi connectivity index (χ2v) is 5.45. The lowest BCUT2D eigenvalue weighted by Gasteiger charge is -2.44. The van der Waals surface area contributed by atoms with Gasteiger partial charge in [-0.3, -0.25) is 9.88 Å². The largest absolute Gasteiger partial charge is 0.392 e. The van der Waals surface area contributed by atoms with Gasteiger partial charge in [0.2, 0.25) is 0 Å². The van der Waals surface area contributed by atoms with E-state index < -0.39 is 0 Å². The molecule has 0 radical (unpaired) electrons. The van der Waals surface area contributed by atoms with Gasteiger partial charge in [0.1, 0.15) is 0 Å². The van der Waals surface area contributed by atoms with Crippen molar-refractivity contribution in [1.29, 1.82) is 0 Å². The quantitative estimate of drug-likeness (QED) is 0.853. The van der Waals surface area contributed by atoms with Crippen molar-refractivity contribution >= 4 is 5.69 Å². The first-order valence-electron chi connectivity index (χ1n) is 6.84. The SMILES string of the molecule is CC1CN2CCCC2CN1c1ccncc1CO. The Morgan fingerprint density at radius 1 is 1.44 bits per heavy atom. The van der Waals surface area contributed by atoms with Gasteiger partial charge < -0.3 is 10.0 Å². The minimum atomic E-state index is 0.0702. The van der Waals surface area contributed by atoms with Crippen molar-refractivity contribution in [2.45, 2.75) is 38.5 Å². The van der Waals surface area contributed by atoms with Crippen molar-refractivity contribution < 1.29 is 5.11 Å². The maximum absolute atomic E-state index is 9.45. The smallest absolute Gasteiger partial charge is 0.0717 e. The van der Waals surface area contributed by atoms with Crippen molar-refractivity contribution in [3.8, 4) is 0 Å². The Bertz CT molecular complexity index is 423. The Labute approximate surface area is 108 Å². The van der Waals surface area contributed by atoms with Gasteiger partial charge in [0.15, 0.2) is 0 Å². The summed E-state index contributed by atoms with van der Waals surface area (Å²) in [7, 11) is 0. The van der Waals surface area contributed by atoms with E-state index in [0.29, 0.717) is 12.1 Å². The number of fused-ring (bicyclic) bond motifs is 1. The van der Waals surface area contributed by atoms with Gasteiger partial charge in [-0.05, 0) is 32.4 Å². The van der Waals surface area contributed by atoms with E-state index in [1.54, 1.807) is 6.20 Å². The Hall–Kier alpha value is -1.13. The van der Waals surface area contributed by atoms with E-state index in [1.165, 1.54) is 19.4 Å². The molecule has 4 heteroatoms. The predicted molar refractivity (Wildman–Crippen MR) is 71.6 cm³/mol. The van der Waals surface area contributed by atoms with Crippen LogP contribution in [-0.4, -0.2) is 46.7 Å². The average Bonchev–Trinajstić information content (AvgIpc) is 2.84. The molecule has 0 saturated carbocycles. The summed E-state index contributed by atoms with van der Waals surface area (Å²) < 4.78 is 0. The summed E-state index contributed by atoms with van der Waals surface area (Å²) in [6, 6.07) is 3.24. The van der Waals surface area contributed by atoms with Crippen LogP contribution in [-0.2, 0) is 6.61 Å². The third-order valence-corrected chi connectivity index (χ3v) is 4.29. The first kappa shape index (κ1) is 11.9. The Balaban J connectivity index is 1.86. The van der Waals surface area contributed by atoms with E-state index in [1.807, 2.05) is 12.3 Å². The number of rotatable bonds is 2. The molecule has 2 unspecified atom stereocenters. The number of aromatic nitrogens is 1. The summed E-state index contributed by atoms with van der Waals surface area (Å²) in [4.78, 5) is 9.16. The molecule has 1 N–H and O–H groups in total. The first-order valence-corrected chi connectivity index (χ1v) is 6.84. The molecule has 0 spiro atoms. The van der Waals surface area contributed by atoms with Crippen LogP contribution in [0.2, 0.25) is 0 Å². The molecule has 2 aliphatic heterocycles. The summed E-state index contributed by atoms with van der Waals surface area (Å²) >= 11 is 0. The molecular weight excluding hydrogens is 226 g/mol. The lowest BCUT2D eigenvalue weighted by atomic mass is 10.1. The van der Waals surface area contributed by atoms with Crippen LogP contribution >= 0.6 is 0 Å². The zero-order valence-corrected chi connectivity index (χ0v) is 10.9. The van der Waals surface area contributed by atoms with Crippen LogP contribution in [0.3, 0.4) is 0 Å². The highest BCUT2D eigenvalue weighted by Gasteiger charge is 2.34. The molecule has 2 atom stereocenters. The summed E-state index contributed by atoms with van der Waals surface area (Å²) in [5.74, 6) is 0. The van der Waals surface area contributed by atoms with Crippen molar-refractivity contribution in [3.05, 3.63) is 24.0 Å². The maximum atomic E-state index is 9.45. The summed E-state index contributed by atoms with van der Waals surface area (Å²) in [6.45, 7) is 5.82. The lowest BCUT2D eigenvalue weighted by molar-refractivity contribution is 0.202.